The van der Waals surface area contributed by atoms with Gasteiger partial charge in [-0.15, -0.1) is 11.3 Å². The lowest BCUT2D eigenvalue weighted by Gasteiger charge is -2.12. The normalized spacial score (nSPS) is 13.3. The number of anilines is 1. The number of aromatic amines is 1. The Morgan fingerprint density at radius 1 is 1.31 bits per heavy atom. The minimum absolute atomic E-state index is 0.0873. The number of aromatic nitrogens is 3. The summed E-state index contributed by atoms with van der Waals surface area (Å²) in [5, 5.41) is 6.15. The summed E-state index contributed by atoms with van der Waals surface area (Å²) in [7, 11) is 1.35. The molecule has 29 heavy (non-hydrogen) atoms. The van der Waals surface area contributed by atoms with Crippen molar-refractivity contribution in [3.05, 3.63) is 49.4 Å². The number of nitrogens with zero attached hydrogens (tertiary/aromatic N) is 2. The summed E-state index contributed by atoms with van der Waals surface area (Å²) in [6.07, 6.45) is 3.94. The number of amides is 1. The standard InChI is InChI=1S/C20H22N4O4S/c1-10-13(11(2)24-15(21-10)9-17(26)23-24)8-16(25)22-19-18(20(27)28-3)12-6-4-5-7-14(12)29-19/h9H,4-8H2,1-3H3,(H,22,25)(H,23,26). The highest BCUT2D eigenvalue weighted by Gasteiger charge is 2.27. The summed E-state index contributed by atoms with van der Waals surface area (Å²) < 4.78 is 6.54. The second-order valence-corrected chi connectivity index (χ2v) is 8.31. The Hall–Kier alpha value is -2.94. The summed E-state index contributed by atoms with van der Waals surface area (Å²) >= 11 is 1.46. The number of carbonyl (C=O) groups excluding carboxylic acids is 2. The lowest BCUT2D eigenvalue weighted by Crippen LogP contribution is -2.19. The number of rotatable bonds is 4. The van der Waals surface area contributed by atoms with Gasteiger partial charge in [0.05, 0.1) is 19.1 Å². The highest BCUT2D eigenvalue weighted by Crippen LogP contribution is 2.38. The molecule has 0 unspecified atom stereocenters. The van der Waals surface area contributed by atoms with Crippen LogP contribution in [0.3, 0.4) is 0 Å². The number of carbonyl (C=O) groups is 2. The number of thiophene rings is 1. The van der Waals surface area contributed by atoms with Gasteiger partial charge in [0, 0.05) is 27.9 Å². The molecule has 0 bridgehead atoms. The van der Waals surface area contributed by atoms with Gasteiger partial charge in [0.15, 0.2) is 5.65 Å². The minimum atomic E-state index is -0.417. The number of ether oxygens (including phenoxy) is 1. The van der Waals surface area contributed by atoms with Crippen LogP contribution in [0.4, 0.5) is 5.00 Å². The summed E-state index contributed by atoms with van der Waals surface area (Å²) in [5.74, 6) is -0.657. The van der Waals surface area contributed by atoms with Gasteiger partial charge in [-0.3, -0.25) is 14.7 Å². The lowest BCUT2D eigenvalue weighted by atomic mass is 9.95. The first-order valence-electron chi connectivity index (χ1n) is 9.49. The molecule has 0 atom stereocenters. The molecule has 0 fully saturated rings. The molecule has 3 heterocycles. The highest BCUT2D eigenvalue weighted by atomic mass is 32.1. The zero-order valence-corrected chi connectivity index (χ0v) is 17.4. The van der Waals surface area contributed by atoms with Crippen LogP contribution in [-0.2, 0) is 28.8 Å². The van der Waals surface area contributed by atoms with Crippen LogP contribution in [-0.4, -0.2) is 33.6 Å². The number of aryl methyl sites for hydroxylation is 3. The van der Waals surface area contributed by atoms with Crippen molar-refractivity contribution in [3.8, 4) is 0 Å². The van der Waals surface area contributed by atoms with Crippen LogP contribution < -0.4 is 10.9 Å². The Bertz CT molecular complexity index is 1190. The summed E-state index contributed by atoms with van der Waals surface area (Å²) in [6, 6.07) is 1.42. The molecule has 8 nitrogen and oxygen atoms in total. The van der Waals surface area contributed by atoms with Crippen LogP contribution in [0.25, 0.3) is 5.65 Å². The summed E-state index contributed by atoms with van der Waals surface area (Å²) in [4.78, 5) is 42.4. The Morgan fingerprint density at radius 2 is 2.07 bits per heavy atom. The van der Waals surface area contributed by atoms with E-state index in [0.29, 0.717) is 21.9 Å². The maximum absolute atomic E-state index is 12.8. The molecule has 0 radical (unpaired) electrons. The van der Waals surface area contributed by atoms with Gasteiger partial charge in [0.2, 0.25) is 5.91 Å². The van der Waals surface area contributed by atoms with Gasteiger partial charge in [0.1, 0.15) is 5.00 Å². The fourth-order valence-electron chi connectivity index (χ4n) is 3.91. The SMILES string of the molecule is COC(=O)c1c(NC(=O)Cc2c(C)nc3cc(=O)[nH]n3c2C)sc2c1CCCC2. The third-order valence-electron chi connectivity index (χ3n) is 5.35. The van der Waals surface area contributed by atoms with Crippen LogP contribution in [0.15, 0.2) is 10.9 Å². The van der Waals surface area contributed by atoms with Crippen molar-refractivity contribution in [2.75, 3.05) is 12.4 Å². The van der Waals surface area contributed by atoms with Crippen LogP contribution in [0.1, 0.15) is 50.6 Å². The molecule has 3 aromatic heterocycles. The second kappa shape index (κ2) is 7.47. The maximum Gasteiger partial charge on any atom is 0.341 e. The Morgan fingerprint density at radius 3 is 2.83 bits per heavy atom. The zero-order chi connectivity index (χ0) is 20.7. The van der Waals surface area contributed by atoms with E-state index in [4.69, 9.17) is 4.74 Å². The molecule has 1 aliphatic carbocycles. The van der Waals surface area contributed by atoms with E-state index in [2.05, 4.69) is 15.4 Å². The average Bonchev–Trinajstić information content (AvgIpc) is 3.24. The largest absolute Gasteiger partial charge is 0.465 e. The topological polar surface area (TPSA) is 106 Å². The Labute approximate surface area is 170 Å². The second-order valence-electron chi connectivity index (χ2n) is 7.21. The summed E-state index contributed by atoms with van der Waals surface area (Å²) in [6.45, 7) is 3.65. The van der Waals surface area contributed by atoms with Crippen molar-refractivity contribution >= 4 is 33.9 Å². The summed E-state index contributed by atoms with van der Waals surface area (Å²) in [5.41, 5.74) is 3.95. The lowest BCUT2D eigenvalue weighted by molar-refractivity contribution is -0.115. The molecular formula is C20H22N4O4S. The van der Waals surface area contributed by atoms with Crippen molar-refractivity contribution in [3.63, 3.8) is 0 Å². The predicted molar refractivity (Wildman–Crippen MR) is 110 cm³/mol. The van der Waals surface area contributed by atoms with E-state index in [1.54, 1.807) is 4.52 Å². The van der Waals surface area contributed by atoms with E-state index >= 15 is 0 Å². The van der Waals surface area contributed by atoms with E-state index in [0.717, 1.165) is 47.4 Å². The molecule has 4 rings (SSSR count). The molecule has 0 spiro atoms. The van der Waals surface area contributed by atoms with Crippen LogP contribution in [0.5, 0.6) is 0 Å². The van der Waals surface area contributed by atoms with Gasteiger partial charge in [-0.1, -0.05) is 0 Å². The zero-order valence-electron chi connectivity index (χ0n) is 16.5. The van der Waals surface area contributed by atoms with Crippen molar-refractivity contribution in [1.29, 1.82) is 0 Å². The molecule has 0 aliphatic heterocycles. The van der Waals surface area contributed by atoms with Crippen molar-refractivity contribution < 1.29 is 14.3 Å². The van der Waals surface area contributed by atoms with Crippen LogP contribution in [0, 0.1) is 13.8 Å². The monoisotopic (exact) mass is 414 g/mol. The van der Waals surface area contributed by atoms with E-state index in [1.807, 2.05) is 13.8 Å². The Kier molecular flexibility index (Phi) is 4.99. The van der Waals surface area contributed by atoms with Crippen molar-refractivity contribution in [1.82, 2.24) is 14.6 Å². The third-order valence-corrected chi connectivity index (χ3v) is 6.56. The van der Waals surface area contributed by atoms with E-state index in [1.165, 1.54) is 24.5 Å². The first-order chi connectivity index (χ1) is 13.9. The number of methoxy groups -OCH3 is 1. The number of hydrogen-bond acceptors (Lipinski definition) is 6. The first-order valence-corrected chi connectivity index (χ1v) is 10.3. The molecule has 152 valence electrons. The van der Waals surface area contributed by atoms with Gasteiger partial charge >= 0.3 is 5.97 Å². The van der Waals surface area contributed by atoms with Crippen molar-refractivity contribution in [2.45, 2.75) is 46.0 Å². The fourth-order valence-corrected chi connectivity index (χ4v) is 5.21. The number of hydrogen-bond donors (Lipinski definition) is 2. The number of H-pyrrole nitrogens is 1. The molecule has 0 saturated carbocycles. The highest BCUT2D eigenvalue weighted by molar-refractivity contribution is 7.17. The third kappa shape index (κ3) is 3.46. The smallest absolute Gasteiger partial charge is 0.341 e. The average molecular weight is 414 g/mol. The predicted octanol–water partition coefficient (Wildman–Crippen LogP) is 2.55. The van der Waals surface area contributed by atoms with Gasteiger partial charge < -0.3 is 10.1 Å². The fraction of sp³-hybridized carbons (Fsp3) is 0.400. The minimum Gasteiger partial charge on any atom is -0.465 e. The maximum atomic E-state index is 12.8. The quantitative estimate of drug-likeness (QED) is 0.638. The first kappa shape index (κ1) is 19.4. The number of esters is 1. The molecule has 1 aliphatic rings. The van der Waals surface area contributed by atoms with Crippen LogP contribution >= 0.6 is 11.3 Å². The van der Waals surface area contributed by atoms with E-state index in [-0.39, 0.29) is 17.9 Å². The molecular weight excluding hydrogens is 392 g/mol. The van der Waals surface area contributed by atoms with E-state index in [9.17, 15) is 14.4 Å². The van der Waals surface area contributed by atoms with Gasteiger partial charge in [-0.05, 0) is 45.1 Å². The molecule has 0 saturated heterocycles. The van der Waals surface area contributed by atoms with Gasteiger partial charge in [-0.25, -0.2) is 14.3 Å². The molecule has 0 aromatic carbocycles. The molecule has 2 N–H and O–H groups in total. The van der Waals surface area contributed by atoms with E-state index < -0.39 is 5.97 Å². The van der Waals surface area contributed by atoms with Gasteiger partial charge in [-0.2, -0.15) is 0 Å². The van der Waals surface area contributed by atoms with Gasteiger partial charge in [0.25, 0.3) is 5.56 Å². The van der Waals surface area contributed by atoms with Crippen molar-refractivity contribution in [2.24, 2.45) is 0 Å². The Balaban J connectivity index is 1.64. The number of fused-ring (bicyclic) bond motifs is 2. The number of nitrogens with one attached hydrogen (secondary N) is 2. The molecule has 9 heteroatoms. The molecule has 1 amide bonds. The molecule has 3 aromatic rings. The van der Waals surface area contributed by atoms with Crippen LogP contribution in [0.2, 0.25) is 0 Å².